The van der Waals surface area contributed by atoms with E-state index >= 15 is 0 Å². The van der Waals surface area contributed by atoms with Crippen molar-refractivity contribution in [1.29, 1.82) is 0 Å². The summed E-state index contributed by atoms with van der Waals surface area (Å²) in [6.07, 6.45) is 1.64. The number of ether oxygens (including phenoxy) is 1. The Morgan fingerprint density at radius 1 is 0.944 bits per heavy atom. The second kappa shape index (κ2) is 6.30. The third-order valence-electron chi connectivity index (χ3n) is 2.29. The number of rotatable bonds is 4. The van der Waals surface area contributed by atoms with Crippen molar-refractivity contribution in [2.45, 2.75) is 0 Å². The van der Waals surface area contributed by atoms with Crippen molar-refractivity contribution < 1.29 is 4.74 Å². The zero-order chi connectivity index (χ0) is 12.6. The fourth-order valence-corrected chi connectivity index (χ4v) is 1.35. The molecule has 0 aliphatic rings. The normalized spacial score (nSPS) is 11.2. The molecule has 0 aliphatic carbocycles. The van der Waals surface area contributed by atoms with Gasteiger partial charge in [0.05, 0.1) is 19.0 Å². The van der Waals surface area contributed by atoms with Crippen LogP contribution < -0.4 is 4.74 Å². The number of hydrogen-bond donors (Lipinski definition) is 0. The summed E-state index contributed by atoms with van der Waals surface area (Å²) in [5.74, 6) is 0.818. The molecule has 2 aromatic rings. The molecular weight excluding hydrogens is 226 g/mol. The second-order valence-corrected chi connectivity index (χ2v) is 3.54. The highest BCUT2D eigenvalue weighted by atomic mass is 16.5. The molecule has 0 saturated heterocycles. The van der Waals surface area contributed by atoms with Crippen molar-refractivity contribution in [3.8, 4) is 5.75 Å². The van der Waals surface area contributed by atoms with E-state index in [1.54, 1.807) is 13.3 Å². The topological polar surface area (TPSA) is 46.3 Å². The van der Waals surface area contributed by atoms with Crippen molar-refractivity contribution in [3.63, 3.8) is 0 Å². The highest BCUT2D eigenvalue weighted by molar-refractivity contribution is 5.79. The molecule has 0 heterocycles. The van der Waals surface area contributed by atoms with E-state index in [1.165, 1.54) is 0 Å². The van der Waals surface area contributed by atoms with Gasteiger partial charge in [0.1, 0.15) is 5.75 Å². The minimum atomic E-state index is 0.782. The first-order valence-electron chi connectivity index (χ1n) is 5.51. The number of methoxy groups -OCH3 is 1. The molecule has 0 atom stereocenters. The van der Waals surface area contributed by atoms with Gasteiger partial charge in [0.25, 0.3) is 0 Å². The predicted octanol–water partition coefficient (Wildman–Crippen LogP) is 3.81. The van der Waals surface area contributed by atoms with E-state index in [1.807, 2.05) is 54.6 Å². The average molecular weight is 239 g/mol. The summed E-state index contributed by atoms with van der Waals surface area (Å²) in [6, 6.07) is 17.0. The Balaban J connectivity index is 1.96. The van der Waals surface area contributed by atoms with Gasteiger partial charge in [-0.2, -0.15) is 0 Å². The zero-order valence-corrected chi connectivity index (χ0v) is 10.0. The molecule has 18 heavy (non-hydrogen) atoms. The maximum Gasteiger partial charge on any atom is 0.118 e. The summed E-state index contributed by atoms with van der Waals surface area (Å²) in [5, 5.41) is 11.6. The first kappa shape index (κ1) is 12.0. The highest BCUT2D eigenvalue weighted by Gasteiger charge is 1.90. The lowest BCUT2D eigenvalue weighted by Gasteiger charge is -1.97. The minimum absolute atomic E-state index is 0.782. The zero-order valence-electron chi connectivity index (χ0n) is 10.0. The van der Waals surface area contributed by atoms with Crippen LogP contribution in [0.4, 0.5) is 5.69 Å². The summed E-state index contributed by atoms with van der Waals surface area (Å²) in [7, 11) is 1.64. The van der Waals surface area contributed by atoms with Crippen LogP contribution in [0.3, 0.4) is 0 Å². The molecule has 2 aromatic carbocycles. The van der Waals surface area contributed by atoms with E-state index in [4.69, 9.17) is 4.74 Å². The highest BCUT2D eigenvalue weighted by Crippen LogP contribution is 2.11. The number of benzene rings is 2. The number of hydrogen-bond acceptors (Lipinski definition) is 3. The Kier molecular flexibility index (Phi) is 4.19. The van der Waals surface area contributed by atoms with Crippen LogP contribution in [0.2, 0.25) is 0 Å². The van der Waals surface area contributed by atoms with Gasteiger partial charge in [-0.15, -0.1) is 10.2 Å². The van der Waals surface area contributed by atoms with Crippen molar-refractivity contribution in [2.75, 3.05) is 7.11 Å². The maximum atomic E-state index is 5.07. The van der Waals surface area contributed by atoms with Gasteiger partial charge in [-0.1, -0.05) is 18.2 Å². The van der Waals surface area contributed by atoms with Crippen LogP contribution in [-0.4, -0.2) is 13.3 Å². The molecule has 2 rings (SSSR count). The van der Waals surface area contributed by atoms with E-state index in [2.05, 4.69) is 15.4 Å². The van der Waals surface area contributed by atoms with Gasteiger partial charge in [-0.05, 0) is 47.2 Å². The molecule has 0 aromatic heterocycles. The van der Waals surface area contributed by atoms with Crippen LogP contribution in [0.15, 0.2) is 70.0 Å². The molecule has 0 spiro atoms. The summed E-state index contributed by atoms with van der Waals surface area (Å²) in [5.41, 5.74) is 1.73. The predicted molar refractivity (Wildman–Crippen MR) is 71.5 cm³/mol. The fourth-order valence-electron chi connectivity index (χ4n) is 1.35. The largest absolute Gasteiger partial charge is 0.497 e. The number of nitrogens with zero attached hydrogens (tertiary/aromatic N) is 3. The molecule has 0 unspecified atom stereocenters. The monoisotopic (exact) mass is 239 g/mol. The lowest BCUT2D eigenvalue weighted by Crippen LogP contribution is -1.83. The molecule has 0 radical (unpaired) electrons. The molecule has 0 saturated carbocycles. The molecule has 0 fully saturated rings. The van der Waals surface area contributed by atoms with E-state index < -0.39 is 0 Å². The van der Waals surface area contributed by atoms with Crippen molar-refractivity contribution in [3.05, 3.63) is 60.2 Å². The van der Waals surface area contributed by atoms with Crippen molar-refractivity contribution >= 4 is 11.9 Å². The average Bonchev–Trinajstić information content (AvgIpc) is 2.45. The molecule has 0 bridgehead atoms. The minimum Gasteiger partial charge on any atom is -0.497 e. The van der Waals surface area contributed by atoms with Crippen LogP contribution in [-0.2, 0) is 0 Å². The van der Waals surface area contributed by atoms with Crippen LogP contribution in [0.25, 0.3) is 0 Å². The summed E-state index contributed by atoms with van der Waals surface area (Å²) >= 11 is 0. The Morgan fingerprint density at radius 2 is 1.67 bits per heavy atom. The second-order valence-electron chi connectivity index (χ2n) is 3.54. The lowest BCUT2D eigenvalue weighted by atomic mass is 10.2. The quantitative estimate of drug-likeness (QED) is 0.454. The molecule has 0 N–H and O–H groups in total. The van der Waals surface area contributed by atoms with Crippen LogP contribution in [0.1, 0.15) is 5.56 Å². The maximum absolute atomic E-state index is 5.07. The van der Waals surface area contributed by atoms with Gasteiger partial charge in [-0.25, -0.2) is 0 Å². The summed E-state index contributed by atoms with van der Waals surface area (Å²) in [6.45, 7) is 0. The SMILES string of the molecule is COc1ccc(/C=N/N=N/c2ccccc2)cc1. The molecule has 0 amide bonds. The third-order valence-corrected chi connectivity index (χ3v) is 2.29. The van der Waals surface area contributed by atoms with Gasteiger partial charge in [-0.3, -0.25) is 0 Å². The fraction of sp³-hybridized carbons (Fsp3) is 0.0714. The smallest absolute Gasteiger partial charge is 0.118 e. The Labute approximate surface area is 106 Å². The van der Waals surface area contributed by atoms with Crippen LogP contribution in [0, 0.1) is 0 Å². The molecule has 4 nitrogen and oxygen atoms in total. The van der Waals surface area contributed by atoms with Gasteiger partial charge >= 0.3 is 0 Å². The first-order valence-corrected chi connectivity index (χ1v) is 5.51. The van der Waals surface area contributed by atoms with Crippen LogP contribution in [0.5, 0.6) is 5.75 Å². The Bertz CT molecular complexity index is 533. The molecular formula is C14H13N3O. The summed E-state index contributed by atoms with van der Waals surface area (Å²) < 4.78 is 5.07. The molecule has 90 valence electrons. The molecule has 0 aliphatic heterocycles. The van der Waals surface area contributed by atoms with E-state index in [-0.39, 0.29) is 0 Å². The lowest BCUT2D eigenvalue weighted by molar-refractivity contribution is 0.415. The third kappa shape index (κ3) is 3.52. The van der Waals surface area contributed by atoms with Gasteiger partial charge in [0.2, 0.25) is 0 Å². The van der Waals surface area contributed by atoms with Gasteiger partial charge in [0.15, 0.2) is 0 Å². The standard InChI is InChI=1S/C14H13N3O/c1-18-14-9-7-12(8-10-14)11-15-17-16-13-5-3-2-4-6-13/h2-11H,1H3/b15-11+,17-16+. The first-order chi connectivity index (χ1) is 8.88. The Morgan fingerprint density at radius 3 is 2.33 bits per heavy atom. The van der Waals surface area contributed by atoms with E-state index in [0.29, 0.717) is 0 Å². The van der Waals surface area contributed by atoms with E-state index in [0.717, 1.165) is 17.0 Å². The van der Waals surface area contributed by atoms with Crippen LogP contribution >= 0.6 is 0 Å². The van der Waals surface area contributed by atoms with Gasteiger partial charge in [0, 0.05) is 0 Å². The van der Waals surface area contributed by atoms with Gasteiger partial charge < -0.3 is 4.74 Å². The van der Waals surface area contributed by atoms with Crippen molar-refractivity contribution in [1.82, 2.24) is 0 Å². The Hall–Kier alpha value is -2.49. The van der Waals surface area contributed by atoms with E-state index in [9.17, 15) is 0 Å². The summed E-state index contributed by atoms with van der Waals surface area (Å²) in [4.78, 5) is 0. The molecule has 4 heteroatoms. The van der Waals surface area contributed by atoms with Crippen molar-refractivity contribution in [2.24, 2.45) is 15.4 Å².